The lowest BCUT2D eigenvalue weighted by Crippen LogP contribution is -2.50. The van der Waals surface area contributed by atoms with E-state index in [2.05, 4.69) is 29.1 Å². The number of rotatable bonds is 13. The molecule has 2 N–H and O–H groups in total. The third-order valence-electron chi connectivity index (χ3n) is 8.92. The van der Waals surface area contributed by atoms with Gasteiger partial charge in [-0.25, -0.2) is 9.19 Å². The van der Waals surface area contributed by atoms with Gasteiger partial charge in [0.2, 0.25) is 0 Å². The molecule has 2 unspecified atom stereocenters. The molecule has 2 aliphatic carbocycles. The number of aryl methyl sites for hydroxylation is 2. The van der Waals surface area contributed by atoms with Crippen LogP contribution in [0.25, 0.3) is 16.5 Å². The van der Waals surface area contributed by atoms with Crippen LogP contribution in [0.4, 0.5) is 13.2 Å². The minimum Gasteiger partial charge on any atom is -0.496 e. The van der Waals surface area contributed by atoms with Crippen molar-refractivity contribution in [3.05, 3.63) is 65.5 Å². The van der Waals surface area contributed by atoms with Gasteiger partial charge in [-0.1, -0.05) is 20.1 Å². The first-order valence-corrected chi connectivity index (χ1v) is 16.2. The number of benzene rings is 1. The number of methoxy groups -OCH3 is 1. The molecule has 2 aromatic rings. The van der Waals surface area contributed by atoms with Gasteiger partial charge >= 0.3 is 6.18 Å². The zero-order valence-electron chi connectivity index (χ0n) is 25.7. The predicted molar refractivity (Wildman–Crippen MR) is 169 cm³/mol. The zero-order valence-corrected chi connectivity index (χ0v) is 26.5. The monoisotopic (exact) mass is 617 g/mol. The molecule has 234 valence electrons. The molecule has 4 rings (SSSR count). The number of fused-ring (bicyclic) bond motifs is 1. The number of allylic oxidation sites excluding steroid dienone is 4. The van der Waals surface area contributed by atoms with Crippen molar-refractivity contribution in [2.75, 3.05) is 7.11 Å². The van der Waals surface area contributed by atoms with Crippen molar-refractivity contribution in [2.45, 2.75) is 89.1 Å². The largest absolute Gasteiger partial charge is 0.496 e. The van der Waals surface area contributed by atoms with Crippen LogP contribution in [-0.2, 0) is 20.9 Å². The molecule has 2 atom stereocenters. The van der Waals surface area contributed by atoms with Crippen molar-refractivity contribution in [2.24, 2.45) is 5.92 Å². The molecule has 0 saturated heterocycles. The van der Waals surface area contributed by atoms with Crippen LogP contribution in [0.15, 0.2) is 48.7 Å². The van der Waals surface area contributed by atoms with Gasteiger partial charge in [0.1, 0.15) is 11.3 Å². The lowest BCUT2D eigenvalue weighted by atomic mass is 9.94. The molecule has 0 spiro atoms. The minimum absolute atomic E-state index is 0.0430. The summed E-state index contributed by atoms with van der Waals surface area (Å²) in [6, 6.07) is 5.66. The molecule has 1 amide bonds. The first-order chi connectivity index (χ1) is 19.9. The van der Waals surface area contributed by atoms with E-state index in [9.17, 15) is 22.2 Å². The average molecular weight is 618 g/mol. The zero-order chi connectivity index (χ0) is 32.0. The fraction of sp³-hybridized carbons (Fsp3) is 0.485. The molecule has 2 saturated carbocycles. The molecule has 43 heavy (non-hydrogen) atoms. The number of hydrogen-bond acceptors (Lipinski definition) is 5. The van der Waals surface area contributed by atoms with E-state index >= 15 is 0 Å². The van der Waals surface area contributed by atoms with E-state index in [4.69, 9.17) is 9.72 Å². The third kappa shape index (κ3) is 6.95. The maximum Gasteiger partial charge on any atom is 0.415 e. The van der Waals surface area contributed by atoms with Gasteiger partial charge in [-0.3, -0.25) is 9.52 Å². The Labute approximate surface area is 253 Å². The molecule has 1 heterocycles. The van der Waals surface area contributed by atoms with Crippen LogP contribution in [0.3, 0.4) is 0 Å². The van der Waals surface area contributed by atoms with E-state index in [-0.39, 0.29) is 11.8 Å². The Hall–Kier alpha value is -3.27. The number of nitrogens with one attached hydrogen (secondary N) is 2. The van der Waals surface area contributed by atoms with E-state index in [1.165, 1.54) is 0 Å². The van der Waals surface area contributed by atoms with Crippen LogP contribution >= 0.6 is 0 Å². The van der Waals surface area contributed by atoms with Gasteiger partial charge in [-0.05, 0) is 113 Å². The molecule has 1 aromatic heterocycles. The molecule has 0 aliphatic heterocycles. The van der Waals surface area contributed by atoms with E-state index < -0.39 is 31.7 Å². The lowest BCUT2D eigenvalue weighted by molar-refractivity contribution is -0.122. The smallest absolute Gasteiger partial charge is 0.415 e. The van der Waals surface area contributed by atoms with Crippen molar-refractivity contribution in [3.63, 3.8) is 0 Å². The van der Waals surface area contributed by atoms with Crippen LogP contribution in [-0.4, -0.2) is 44.5 Å². The second kappa shape index (κ2) is 11.7. The molecular weight excluding hydrogens is 575 g/mol. The van der Waals surface area contributed by atoms with Gasteiger partial charge in [0, 0.05) is 22.2 Å². The van der Waals surface area contributed by atoms with Crippen LogP contribution in [0.5, 0.6) is 5.75 Å². The topological polar surface area (TPSA) is 80.3 Å². The maximum absolute atomic E-state index is 13.2. The number of alkyl halides is 3. The minimum atomic E-state index is -4.52. The Morgan fingerprint density at radius 2 is 1.88 bits per heavy atom. The summed E-state index contributed by atoms with van der Waals surface area (Å²) < 4.78 is 60.3. The molecule has 6 nitrogen and oxygen atoms in total. The highest BCUT2D eigenvalue weighted by molar-refractivity contribution is 8.00. The molecular formula is C33H42F3N3O3S. The summed E-state index contributed by atoms with van der Waals surface area (Å²) in [5, 5.41) is 4.24. The van der Waals surface area contributed by atoms with Crippen LogP contribution in [0, 0.1) is 12.8 Å². The molecule has 1 aromatic carbocycles. The molecule has 0 bridgehead atoms. The average Bonchev–Trinajstić information content (AvgIpc) is 3.86. The van der Waals surface area contributed by atoms with Crippen molar-refractivity contribution >= 4 is 38.0 Å². The quantitative estimate of drug-likeness (QED) is 0.188. The highest BCUT2D eigenvalue weighted by Gasteiger charge is 2.54. The summed E-state index contributed by atoms with van der Waals surface area (Å²) in [5.74, 6) is 4.23. The highest BCUT2D eigenvalue weighted by atomic mass is 32.2. The molecule has 0 radical (unpaired) electrons. The normalized spacial score (nSPS) is 19.2. The number of amides is 1. The second-order valence-corrected chi connectivity index (χ2v) is 14.9. The first kappa shape index (κ1) is 32.6. The van der Waals surface area contributed by atoms with E-state index in [1.54, 1.807) is 14.0 Å². The summed E-state index contributed by atoms with van der Waals surface area (Å²) in [6.07, 6.45) is 1.56. The third-order valence-corrected chi connectivity index (χ3v) is 11.4. The lowest BCUT2D eigenvalue weighted by Gasteiger charge is -2.26. The predicted octanol–water partition coefficient (Wildman–Crippen LogP) is 6.97. The summed E-state index contributed by atoms with van der Waals surface area (Å²) >= 11 is 0. The number of pyridine rings is 1. The van der Waals surface area contributed by atoms with Gasteiger partial charge in [-0.2, -0.15) is 13.2 Å². The number of carbonyl (C=O) groups excluding carboxylic acids is 1. The van der Waals surface area contributed by atoms with Gasteiger partial charge < -0.3 is 10.1 Å². The molecule has 2 fully saturated rings. The van der Waals surface area contributed by atoms with Crippen molar-refractivity contribution in [3.8, 4) is 5.75 Å². The fourth-order valence-electron chi connectivity index (χ4n) is 5.14. The Morgan fingerprint density at radius 3 is 2.44 bits per heavy atom. The maximum atomic E-state index is 13.2. The summed E-state index contributed by atoms with van der Waals surface area (Å²) in [5.41, 5.74) is 2.29. The standard InChI is InChI=1S/C33H42F3N3O3S/c1-20(24(5)38-32(16-17-32)30(40)39-43(8,41)31(6)14-15-31)10-9-11-25-19-27(21(2)18-22(3)33(34,35)36)37-29-23(4)28(42-7)13-12-26(25)29/h12-13,18-20,38H,3,5,8-11,14-17H2,1-2,4,6-7H3,(H,39,40,41)/b21-18+. The Bertz CT molecular complexity index is 1600. The Balaban J connectivity index is 1.47. The number of ether oxygens (including phenoxy) is 1. The van der Waals surface area contributed by atoms with Gasteiger partial charge in [-0.15, -0.1) is 0 Å². The first-order valence-electron chi connectivity index (χ1n) is 14.5. The number of nitrogens with zero attached hydrogens (tertiary/aromatic N) is 1. The van der Waals surface area contributed by atoms with Crippen LogP contribution in [0.1, 0.15) is 76.1 Å². The van der Waals surface area contributed by atoms with Crippen molar-refractivity contribution in [1.82, 2.24) is 15.0 Å². The van der Waals surface area contributed by atoms with E-state index in [0.717, 1.165) is 54.0 Å². The number of halogens is 3. The summed E-state index contributed by atoms with van der Waals surface area (Å²) in [4.78, 5) is 17.8. The Morgan fingerprint density at radius 1 is 1.23 bits per heavy atom. The van der Waals surface area contributed by atoms with Crippen molar-refractivity contribution < 1.29 is 26.9 Å². The van der Waals surface area contributed by atoms with Gasteiger partial charge in [0.15, 0.2) is 0 Å². The van der Waals surface area contributed by atoms with Crippen LogP contribution in [0.2, 0.25) is 0 Å². The number of hydrogen-bond donors (Lipinski definition) is 2. The molecule has 10 heteroatoms. The fourth-order valence-corrected chi connectivity index (χ4v) is 6.64. The number of carbonyl (C=O) groups is 1. The SMILES string of the molecule is C=C(NC1(C(=O)NS(=C)(=O)C2(C)CC2)CC1)C(C)CCCc1cc(/C(C)=C/C(=C)C(F)(F)F)nc2c(C)c(OC)ccc12. The Kier molecular flexibility index (Phi) is 8.86. The highest BCUT2D eigenvalue weighted by Crippen LogP contribution is 2.44. The second-order valence-electron chi connectivity index (χ2n) is 12.4. The van der Waals surface area contributed by atoms with Gasteiger partial charge in [0.05, 0.1) is 32.8 Å². The number of aromatic nitrogens is 1. The summed E-state index contributed by atoms with van der Waals surface area (Å²) in [6.45, 7) is 14.8. The van der Waals surface area contributed by atoms with Crippen LogP contribution < -0.4 is 14.8 Å². The van der Waals surface area contributed by atoms with Crippen molar-refractivity contribution in [1.29, 1.82) is 0 Å². The van der Waals surface area contributed by atoms with E-state index in [1.807, 2.05) is 39.0 Å². The van der Waals surface area contributed by atoms with E-state index in [0.29, 0.717) is 41.8 Å². The molecule has 2 aliphatic rings. The van der Waals surface area contributed by atoms with Gasteiger partial charge in [0.25, 0.3) is 5.91 Å². The summed E-state index contributed by atoms with van der Waals surface area (Å²) in [7, 11) is -1.16.